The molecule has 0 atom stereocenters. The third-order valence-corrected chi connectivity index (χ3v) is 5.89. The lowest BCUT2D eigenvalue weighted by atomic mass is 10.1. The first kappa shape index (κ1) is 22.3. The molecule has 0 saturated heterocycles. The molecule has 0 aliphatic rings. The fourth-order valence-corrected chi connectivity index (χ4v) is 3.49. The summed E-state index contributed by atoms with van der Waals surface area (Å²) in [6, 6.07) is 9.39. The van der Waals surface area contributed by atoms with Gasteiger partial charge < -0.3 is 10.1 Å². The van der Waals surface area contributed by atoms with E-state index in [1.807, 2.05) is 0 Å². The summed E-state index contributed by atoms with van der Waals surface area (Å²) in [4.78, 5) is 24.3. The van der Waals surface area contributed by atoms with E-state index in [-0.39, 0.29) is 11.3 Å². The molecule has 0 bridgehead atoms. The minimum absolute atomic E-state index is 0.135. The van der Waals surface area contributed by atoms with Crippen LogP contribution in [0.3, 0.4) is 0 Å². The van der Waals surface area contributed by atoms with Crippen LogP contribution in [0.1, 0.15) is 15.9 Å². The Morgan fingerprint density at radius 1 is 1.10 bits per heavy atom. The van der Waals surface area contributed by atoms with E-state index in [4.69, 9.17) is 0 Å². The van der Waals surface area contributed by atoms with Gasteiger partial charge in [0.15, 0.2) is 0 Å². The highest BCUT2D eigenvalue weighted by molar-refractivity contribution is 7.90. The maximum atomic E-state index is 13.2. The van der Waals surface area contributed by atoms with Gasteiger partial charge in [-0.15, -0.1) is 0 Å². The number of anilines is 2. The number of amides is 1. The topological polar surface area (TPSA) is 96.0 Å². The number of carbonyl (C=O) groups excluding carboxylic acids is 2. The summed E-state index contributed by atoms with van der Waals surface area (Å²) in [5, 5.41) is 2.61. The van der Waals surface area contributed by atoms with Gasteiger partial charge in [-0.25, -0.2) is 13.5 Å². The summed E-state index contributed by atoms with van der Waals surface area (Å²) in [6.07, 6.45) is 0. The standard InChI is InChI=1S/C19H22FN3O5S/c1-13-5-6-14(19(25)28-4)11-17(13)21-18(24)12-23(29(26,27)22(2)3)16-9-7-15(20)8-10-16/h5-11H,12H2,1-4H3,(H,21,24). The fourth-order valence-electron chi connectivity index (χ4n) is 2.43. The Hall–Kier alpha value is -2.98. The van der Waals surface area contributed by atoms with Crippen molar-refractivity contribution >= 4 is 33.5 Å². The molecule has 29 heavy (non-hydrogen) atoms. The van der Waals surface area contributed by atoms with Crippen molar-refractivity contribution in [2.45, 2.75) is 6.92 Å². The normalized spacial score (nSPS) is 11.2. The Kier molecular flexibility index (Phi) is 6.93. The molecule has 0 saturated carbocycles. The number of aryl methyl sites for hydroxylation is 1. The molecule has 8 nitrogen and oxygen atoms in total. The smallest absolute Gasteiger partial charge is 0.337 e. The maximum Gasteiger partial charge on any atom is 0.337 e. The molecular weight excluding hydrogens is 401 g/mol. The predicted octanol–water partition coefficient (Wildman–Crippen LogP) is 2.17. The number of carbonyl (C=O) groups is 2. The SMILES string of the molecule is COC(=O)c1ccc(C)c(NC(=O)CN(c2ccc(F)cc2)S(=O)(=O)N(C)C)c1. The number of esters is 1. The van der Waals surface area contributed by atoms with Crippen molar-refractivity contribution in [3.63, 3.8) is 0 Å². The number of nitrogens with zero attached hydrogens (tertiary/aromatic N) is 2. The van der Waals surface area contributed by atoms with Crippen molar-refractivity contribution < 1.29 is 27.1 Å². The van der Waals surface area contributed by atoms with Gasteiger partial charge in [0.2, 0.25) is 5.91 Å². The second kappa shape index (κ2) is 9.01. The Morgan fingerprint density at radius 3 is 2.28 bits per heavy atom. The van der Waals surface area contributed by atoms with Gasteiger partial charge in [0, 0.05) is 19.8 Å². The average molecular weight is 423 g/mol. The lowest BCUT2D eigenvalue weighted by molar-refractivity contribution is -0.114. The van der Waals surface area contributed by atoms with Crippen LogP contribution in [-0.2, 0) is 19.7 Å². The summed E-state index contributed by atoms with van der Waals surface area (Å²) in [5.41, 5.74) is 1.40. The van der Waals surface area contributed by atoms with Crippen molar-refractivity contribution in [1.29, 1.82) is 0 Å². The number of hydrogen-bond acceptors (Lipinski definition) is 5. The van der Waals surface area contributed by atoms with E-state index < -0.39 is 34.4 Å². The Morgan fingerprint density at radius 2 is 1.72 bits per heavy atom. The molecule has 0 aliphatic heterocycles. The van der Waals surface area contributed by atoms with Gasteiger partial charge in [-0.3, -0.25) is 4.79 Å². The number of methoxy groups -OCH3 is 1. The zero-order valence-electron chi connectivity index (χ0n) is 16.5. The lowest BCUT2D eigenvalue weighted by Gasteiger charge is -2.27. The molecule has 0 aromatic heterocycles. The zero-order valence-corrected chi connectivity index (χ0v) is 17.3. The van der Waals surface area contributed by atoms with Gasteiger partial charge >= 0.3 is 16.2 Å². The van der Waals surface area contributed by atoms with Crippen molar-refractivity contribution in [3.8, 4) is 0 Å². The van der Waals surface area contributed by atoms with E-state index in [9.17, 15) is 22.4 Å². The van der Waals surface area contributed by atoms with Crippen LogP contribution in [0.5, 0.6) is 0 Å². The van der Waals surface area contributed by atoms with Crippen molar-refractivity contribution in [2.75, 3.05) is 37.4 Å². The Bertz CT molecular complexity index is 1010. The van der Waals surface area contributed by atoms with E-state index in [1.165, 1.54) is 39.4 Å². The fraction of sp³-hybridized carbons (Fsp3) is 0.263. The van der Waals surface area contributed by atoms with Crippen molar-refractivity contribution in [2.24, 2.45) is 0 Å². The summed E-state index contributed by atoms with van der Waals surface area (Å²) in [5.74, 6) is -1.73. The molecule has 0 aliphatic carbocycles. The highest BCUT2D eigenvalue weighted by Gasteiger charge is 2.27. The van der Waals surface area contributed by atoms with Crippen LogP contribution in [0.4, 0.5) is 15.8 Å². The van der Waals surface area contributed by atoms with E-state index in [0.29, 0.717) is 11.3 Å². The van der Waals surface area contributed by atoms with Gasteiger partial charge in [-0.2, -0.15) is 12.7 Å². The number of ether oxygens (including phenoxy) is 1. The number of benzene rings is 2. The van der Waals surface area contributed by atoms with Gasteiger partial charge in [0.05, 0.1) is 18.4 Å². The Labute approximate surface area is 169 Å². The summed E-state index contributed by atoms with van der Waals surface area (Å²) in [6.45, 7) is 1.18. The average Bonchev–Trinajstić information content (AvgIpc) is 2.67. The zero-order chi connectivity index (χ0) is 21.8. The van der Waals surface area contributed by atoms with E-state index >= 15 is 0 Å². The van der Waals surface area contributed by atoms with Crippen molar-refractivity contribution in [1.82, 2.24) is 4.31 Å². The molecular formula is C19H22FN3O5S. The molecule has 0 radical (unpaired) electrons. The highest BCUT2D eigenvalue weighted by Crippen LogP contribution is 2.21. The third-order valence-electron chi connectivity index (χ3n) is 4.07. The van der Waals surface area contributed by atoms with Gasteiger partial charge in [-0.05, 0) is 48.9 Å². The van der Waals surface area contributed by atoms with Crippen LogP contribution in [0.15, 0.2) is 42.5 Å². The lowest BCUT2D eigenvalue weighted by Crippen LogP contribution is -2.44. The van der Waals surface area contributed by atoms with Crippen LogP contribution in [0.25, 0.3) is 0 Å². The quantitative estimate of drug-likeness (QED) is 0.689. The molecule has 1 amide bonds. The first-order chi connectivity index (χ1) is 13.6. The molecule has 0 unspecified atom stereocenters. The van der Waals surface area contributed by atoms with Crippen LogP contribution in [0, 0.1) is 12.7 Å². The number of nitrogens with one attached hydrogen (secondary N) is 1. The summed E-state index contributed by atoms with van der Waals surface area (Å²) in [7, 11) is -0.121. The molecule has 0 fully saturated rings. The highest BCUT2D eigenvalue weighted by atomic mass is 32.2. The molecule has 2 aromatic rings. The van der Waals surface area contributed by atoms with Crippen LogP contribution in [0.2, 0.25) is 0 Å². The van der Waals surface area contributed by atoms with Crippen LogP contribution in [-0.4, -0.2) is 52.3 Å². The minimum Gasteiger partial charge on any atom is -0.465 e. The molecule has 2 aromatic carbocycles. The molecule has 156 valence electrons. The second-order valence-electron chi connectivity index (χ2n) is 6.34. The monoisotopic (exact) mass is 423 g/mol. The van der Waals surface area contributed by atoms with Crippen LogP contribution >= 0.6 is 0 Å². The Balaban J connectivity index is 2.31. The van der Waals surface area contributed by atoms with E-state index in [2.05, 4.69) is 10.1 Å². The van der Waals surface area contributed by atoms with Gasteiger partial charge in [0.1, 0.15) is 12.4 Å². The molecule has 0 heterocycles. The molecule has 1 N–H and O–H groups in total. The molecule has 10 heteroatoms. The first-order valence-electron chi connectivity index (χ1n) is 8.51. The maximum absolute atomic E-state index is 13.2. The van der Waals surface area contributed by atoms with Crippen molar-refractivity contribution in [3.05, 3.63) is 59.4 Å². The van der Waals surface area contributed by atoms with Gasteiger partial charge in [-0.1, -0.05) is 6.07 Å². The minimum atomic E-state index is -4.02. The largest absolute Gasteiger partial charge is 0.465 e. The van der Waals surface area contributed by atoms with E-state index in [0.717, 1.165) is 20.7 Å². The molecule has 2 rings (SSSR count). The first-order valence-corrected chi connectivity index (χ1v) is 9.90. The van der Waals surface area contributed by atoms with E-state index in [1.54, 1.807) is 19.1 Å². The molecule has 0 spiro atoms. The number of halogens is 1. The predicted molar refractivity (Wildman–Crippen MR) is 108 cm³/mol. The summed E-state index contributed by atoms with van der Waals surface area (Å²) < 4.78 is 45.1. The number of hydrogen-bond donors (Lipinski definition) is 1. The summed E-state index contributed by atoms with van der Waals surface area (Å²) >= 11 is 0. The van der Waals surface area contributed by atoms with Crippen LogP contribution < -0.4 is 9.62 Å². The van der Waals surface area contributed by atoms with Gasteiger partial charge in [0.25, 0.3) is 0 Å². The second-order valence-corrected chi connectivity index (χ2v) is 8.41. The number of rotatable bonds is 7. The third kappa shape index (κ3) is 5.30.